The molecule has 0 aliphatic carbocycles. The normalized spacial score (nSPS) is 10.3. The average Bonchev–Trinajstić information content (AvgIpc) is 2.40. The number of phenolic OH excluding ortho intramolecular Hbond substituents is 2. The van der Waals surface area contributed by atoms with Gasteiger partial charge in [0.25, 0.3) is 0 Å². The maximum Gasteiger partial charge on any atom is 0.157 e. The summed E-state index contributed by atoms with van der Waals surface area (Å²) < 4.78 is 0. The smallest absolute Gasteiger partial charge is 0.157 e. The minimum atomic E-state index is -0.0942. The van der Waals surface area contributed by atoms with Crippen LogP contribution in [0.25, 0.3) is 0 Å². The van der Waals surface area contributed by atoms with Crippen LogP contribution in [0.15, 0.2) is 47.4 Å². The summed E-state index contributed by atoms with van der Waals surface area (Å²) in [4.78, 5) is 1.18. The van der Waals surface area contributed by atoms with Crippen molar-refractivity contribution >= 4 is 17.4 Å². The van der Waals surface area contributed by atoms with Crippen LogP contribution in [0.4, 0.5) is 5.69 Å². The Kier molecular flexibility index (Phi) is 3.99. The number of thioether (sulfide) groups is 1. The van der Waals surface area contributed by atoms with Crippen molar-refractivity contribution in [2.45, 2.75) is 11.4 Å². The van der Waals surface area contributed by atoms with Crippen LogP contribution in [0.2, 0.25) is 0 Å². The Labute approximate surface area is 110 Å². The van der Waals surface area contributed by atoms with E-state index in [1.807, 2.05) is 24.5 Å². The third-order valence-electron chi connectivity index (χ3n) is 2.63. The molecule has 0 aromatic heterocycles. The molecule has 0 aliphatic heterocycles. The highest BCUT2D eigenvalue weighted by atomic mass is 32.2. The van der Waals surface area contributed by atoms with Crippen molar-refractivity contribution in [2.24, 2.45) is 0 Å². The molecule has 0 bridgehead atoms. The van der Waals surface area contributed by atoms with E-state index < -0.39 is 0 Å². The minimum absolute atomic E-state index is 0.0903. The lowest BCUT2D eigenvalue weighted by Gasteiger charge is -2.10. The second kappa shape index (κ2) is 5.69. The highest BCUT2D eigenvalue weighted by Gasteiger charge is 2.02. The molecule has 0 amide bonds. The van der Waals surface area contributed by atoms with Gasteiger partial charge in [0.1, 0.15) is 0 Å². The van der Waals surface area contributed by atoms with Crippen molar-refractivity contribution < 1.29 is 10.2 Å². The van der Waals surface area contributed by atoms with Gasteiger partial charge in [0.15, 0.2) is 11.5 Å². The Hall–Kier alpha value is -1.81. The summed E-state index contributed by atoms with van der Waals surface area (Å²) in [6.45, 7) is 0.603. The standard InChI is InChI=1S/C14H15NO2S/c1-18-14-5-3-2-4-11(14)15-9-10-6-7-12(16)13(17)8-10/h2-8,15-17H,9H2,1H3. The third-order valence-corrected chi connectivity index (χ3v) is 3.43. The Bertz CT molecular complexity index is 543. The maximum atomic E-state index is 9.42. The molecule has 4 heteroatoms. The first-order valence-corrected chi connectivity index (χ1v) is 6.81. The SMILES string of the molecule is CSc1ccccc1NCc1ccc(O)c(O)c1. The predicted molar refractivity (Wildman–Crippen MR) is 75.3 cm³/mol. The molecule has 0 atom stereocenters. The topological polar surface area (TPSA) is 52.5 Å². The molecule has 2 aromatic rings. The van der Waals surface area contributed by atoms with Crippen molar-refractivity contribution in [1.82, 2.24) is 0 Å². The van der Waals surface area contributed by atoms with Crippen molar-refractivity contribution in [3.05, 3.63) is 48.0 Å². The van der Waals surface area contributed by atoms with Crippen molar-refractivity contribution in [2.75, 3.05) is 11.6 Å². The van der Waals surface area contributed by atoms with E-state index in [2.05, 4.69) is 11.4 Å². The lowest BCUT2D eigenvalue weighted by Crippen LogP contribution is -2.00. The van der Waals surface area contributed by atoms with Gasteiger partial charge in [0, 0.05) is 17.1 Å². The number of aromatic hydroxyl groups is 2. The predicted octanol–water partition coefficient (Wildman–Crippen LogP) is 3.43. The Morgan fingerprint density at radius 1 is 1.06 bits per heavy atom. The Morgan fingerprint density at radius 2 is 1.83 bits per heavy atom. The van der Waals surface area contributed by atoms with Crippen LogP contribution in [0, 0.1) is 0 Å². The summed E-state index contributed by atoms with van der Waals surface area (Å²) in [5, 5.41) is 22.0. The van der Waals surface area contributed by atoms with Crippen LogP contribution < -0.4 is 5.32 Å². The van der Waals surface area contributed by atoms with Crippen LogP contribution in [0.3, 0.4) is 0 Å². The number of nitrogens with one attached hydrogen (secondary N) is 1. The zero-order valence-corrected chi connectivity index (χ0v) is 10.9. The second-order valence-corrected chi connectivity index (χ2v) is 4.72. The second-order valence-electron chi connectivity index (χ2n) is 3.88. The van der Waals surface area contributed by atoms with Crippen molar-refractivity contribution in [3.63, 3.8) is 0 Å². The molecular formula is C14H15NO2S. The largest absolute Gasteiger partial charge is 0.504 e. The van der Waals surface area contributed by atoms with Crippen molar-refractivity contribution in [3.8, 4) is 11.5 Å². The van der Waals surface area contributed by atoms with Crippen LogP contribution in [0.5, 0.6) is 11.5 Å². The number of phenols is 2. The number of rotatable bonds is 4. The molecule has 0 radical (unpaired) electrons. The fraction of sp³-hybridized carbons (Fsp3) is 0.143. The van der Waals surface area contributed by atoms with Gasteiger partial charge in [-0.1, -0.05) is 18.2 Å². The molecule has 0 aliphatic rings. The summed E-state index contributed by atoms with van der Waals surface area (Å²) in [7, 11) is 0. The molecule has 3 N–H and O–H groups in total. The molecular weight excluding hydrogens is 246 g/mol. The van der Waals surface area contributed by atoms with Gasteiger partial charge in [-0.15, -0.1) is 11.8 Å². The summed E-state index contributed by atoms with van der Waals surface area (Å²) in [6.07, 6.45) is 2.03. The Balaban J connectivity index is 2.09. The van der Waals surface area contributed by atoms with Crippen LogP contribution >= 0.6 is 11.8 Å². The van der Waals surface area contributed by atoms with E-state index in [4.69, 9.17) is 0 Å². The Morgan fingerprint density at radius 3 is 2.56 bits per heavy atom. The van der Waals surface area contributed by atoms with Gasteiger partial charge in [-0.05, 0) is 36.1 Å². The first kappa shape index (κ1) is 12.6. The third kappa shape index (κ3) is 2.90. The van der Waals surface area contributed by atoms with Crippen molar-refractivity contribution in [1.29, 1.82) is 0 Å². The van der Waals surface area contributed by atoms with Gasteiger partial charge < -0.3 is 15.5 Å². The maximum absolute atomic E-state index is 9.42. The van der Waals surface area contributed by atoms with Gasteiger partial charge in [-0.2, -0.15) is 0 Å². The van der Waals surface area contributed by atoms with E-state index >= 15 is 0 Å². The molecule has 2 rings (SSSR count). The molecule has 94 valence electrons. The van der Waals surface area contributed by atoms with Crippen LogP contribution in [-0.2, 0) is 6.54 Å². The zero-order valence-electron chi connectivity index (χ0n) is 10.1. The number of hydrogen-bond donors (Lipinski definition) is 3. The fourth-order valence-corrected chi connectivity index (χ4v) is 2.24. The molecule has 0 spiro atoms. The van der Waals surface area contributed by atoms with Gasteiger partial charge in [0.05, 0.1) is 0 Å². The molecule has 0 unspecified atom stereocenters. The number of anilines is 1. The average molecular weight is 261 g/mol. The van der Waals surface area contributed by atoms with Gasteiger partial charge in [-0.25, -0.2) is 0 Å². The van der Waals surface area contributed by atoms with E-state index in [0.717, 1.165) is 11.3 Å². The highest BCUT2D eigenvalue weighted by molar-refractivity contribution is 7.98. The lowest BCUT2D eigenvalue weighted by molar-refractivity contribution is 0.403. The minimum Gasteiger partial charge on any atom is -0.504 e. The quantitative estimate of drug-likeness (QED) is 0.583. The first-order chi connectivity index (χ1) is 8.70. The summed E-state index contributed by atoms with van der Waals surface area (Å²) in [5.74, 6) is -0.185. The first-order valence-electron chi connectivity index (χ1n) is 5.58. The zero-order chi connectivity index (χ0) is 13.0. The molecule has 3 nitrogen and oxygen atoms in total. The van der Waals surface area contributed by atoms with Gasteiger partial charge in [-0.3, -0.25) is 0 Å². The van der Waals surface area contributed by atoms with Crippen LogP contribution in [-0.4, -0.2) is 16.5 Å². The molecule has 0 fully saturated rings. The molecule has 2 aromatic carbocycles. The number of hydrogen-bond acceptors (Lipinski definition) is 4. The molecule has 0 saturated carbocycles. The van der Waals surface area contributed by atoms with E-state index in [9.17, 15) is 10.2 Å². The van der Waals surface area contributed by atoms with E-state index in [1.165, 1.54) is 11.0 Å². The summed E-state index contributed by atoms with van der Waals surface area (Å²) in [6, 6.07) is 12.9. The number of benzene rings is 2. The number of para-hydroxylation sites is 1. The summed E-state index contributed by atoms with van der Waals surface area (Å²) >= 11 is 1.68. The van der Waals surface area contributed by atoms with Crippen LogP contribution in [0.1, 0.15) is 5.56 Å². The van der Waals surface area contributed by atoms with Gasteiger partial charge >= 0.3 is 0 Å². The van der Waals surface area contributed by atoms with Gasteiger partial charge in [0.2, 0.25) is 0 Å². The molecule has 18 heavy (non-hydrogen) atoms. The van der Waals surface area contributed by atoms with E-state index in [-0.39, 0.29) is 11.5 Å². The lowest BCUT2D eigenvalue weighted by atomic mass is 10.2. The summed E-state index contributed by atoms with van der Waals surface area (Å²) in [5.41, 5.74) is 1.98. The van der Waals surface area contributed by atoms with E-state index in [1.54, 1.807) is 23.9 Å². The monoisotopic (exact) mass is 261 g/mol. The molecule has 0 heterocycles. The highest BCUT2D eigenvalue weighted by Crippen LogP contribution is 2.27. The molecule has 0 saturated heterocycles. The fourth-order valence-electron chi connectivity index (χ4n) is 1.67. The van der Waals surface area contributed by atoms with E-state index in [0.29, 0.717) is 6.54 Å².